The summed E-state index contributed by atoms with van der Waals surface area (Å²) in [5, 5.41) is 5.40. The fraction of sp³-hybridized carbons (Fsp3) is 0.692. The van der Waals surface area contributed by atoms with Crippen molar-refractivity contribution in [1.82, 2.24) is 4.98 Å². The molecule has 3 N–H and O–H groups in total. The van der Waals surface area contributed by atoms with Crippen molar-refractivity contribution in [3.05, 3.63) is 11.1 Å². The predicted octanol–water partition coefficient (Wildman–Crippen LogP) is 2.90. The summed E-state index contributed by atoms with van der Waals surface area (Å²) in [5.74, 6) is -0.141. The summed E-state index contributed by atoms with van der Waals surface area (Å²) < 4.78 is 0. The Kier molecular flexibility index (Phi) is 5.28. The number of amides is 1. The van der Waals surface area contributed by atoms with Gasteiger partial charge in [-0.25, -0.2) is 4.98 Å². The van der Waals surface area contributed by atoms with E-state index in [9.17, 15) is 4.79 Å². The number of aromatic nitrogens is 1. The fourth-order valence-corrected chi connectivity index (χ4v) is 2.37. The Balaban J connectivity index is 2.57. The van der Waals surface area contributed by atoms with E-state index in [0.717, 1.165) is 25.0 Å². The molecule has 0 aliphatic heterocycles. The van der Waals surface area contributed by atoms with Crippen molar-refractivity contribution in [3.8, 4) is 0 Å². The number of hydrogen-bond donors (Lipinski definition) is 2. The van der Waals surface area contributed by atoms with E-state index in [2.05, 4.69) is 38.0 Å². The second kappa shape index (κ2) is 6.29. The molecule has 0 bridgehead atoms. The van der Waals surface area contributed by atoms with E-state index in [0.29, 0.717) is 5.13 Å². The molecule has 1 unspecified atom stereocenters. The van der Waals surface area contributed by atoms with E-state index in [-0.39, 0.29) is 11.3 Å². The molecule has 1 rings (SSSR count). The zero-order chi connectivity index (χ0) is 13.8. The van der Waals surface area contributed by atoms with Crippen LogP contribution in [0.5, 0.6) is 0 Å². The number of hydrogen-bond acceptors (Lipinski definition) is 4. The molecular weight excluding hydrogens is 246 g/mol. The Bertz CT molecular complexity index is 395. The van der Waals surface area contributed by atoms with Crippen molar-refractivity contribution in [2.75, 3.05) is 5.32 Å². The first-order valence-corrected chi connectivity index (χ1v) is 7.25. The molecule has 0 saturated carbocycles. The highest BCUT2D eigenvalue weighted by molar-refractivity contribution is 7.13. The molecule has 0 fully saturated rings. The van der Waals surface area contributed by atoms with Crippen LogP contribution in [0, 0.1) is 0 Å². The number of thiazole rings is 1. The quantitative estimate of drug-likeness (QED) is 0.863. The van der Waals surface area contributed by atoms with Crippen LogP contribution < -0.4 is 11.1 Å². The molecule has 0 aliphatic carbocycles. The lowest BCUT2D eigenvalue weighted by Gasteiger charge is -2.14. The Morgan fingerprint density at radius 1 is 1.56 bits per heavy atom. The summed E-state index contributed by atoms with van der Waals surface area (Å²) >= 11 is 1.45. The molecular formula is C13H23N3OS. The minimum atomic E-state index is -0.438. The molecule has 1 heterocycles. The minimum absolute atomic E-state index is 0.00377. The lowest BCUT2D eigenvalue weighted by atomic mass is 9.93. The minimum Gasteiger partial charge on any atom is -0.320 e. The topological polar surface area (TPSA) is 68.0 Å². The summed E-state index contributed by atoms with van der Waals surface area (Å²) in [6, 6.07) is -0.438. The molecule has 4 nitrogen and oxygen atoms in total. The average Bonchev–Trinajstić information content (AvgIpc) is 2.73. The SMILES string of the molecule is CCCCC(N)C(=O)Nc1nc(C(C)(C)C)cs1. The lowest BCUT2D eigenvalue weighted by Crippen LogP contribution is -2.35. The van der Waals surface area contributed by atoms with E-state index in [4.69, 9.17) is 5.73 Å². The largest absolute Gasteiger partial charge is 0.320 e. The van der Waals surface area contributed by atoms with Crippen LogP contribution in [0.1, 0.15) is 52.7 Å². The van der Waals surface area contributed by atoms with Crippen LogP contribution in [0.25, 0.3) is 0 Å². The summed E-state index contributed by atoms with van der Waals surface area (Å²) in [6.45, 7) is 8.38. The van der Waals surface area contributed by atoms with Crippen LogP contribution >= 0.6 is 11.3 Å². The van der Waals surface area contributed by atoms with Gasteiger partial charge >= 0.3 is 0 Å². The lowest BCUT2D eigenvalue weighted by molar-refractivity contribution is -0.117. The zero-order valence-electron chi connectivity index (χ0n) is 11.6. The third-order valence-electron chi connectivity index (χ3n) is 2.71. The number of carbonyl (C=O) groups excluding carboxylic acids is 1. The maximum atomic E-state index is 11.8. The average molecular weight is 269 g/mol. The van der Waals surface area contributed by atoms with Gasteiger partial charge in [-0.3, -0.25) is 4.79 Å². The van der Waals surface area contributed by atoms with Gasteiger partial charge in [0.15, 0.2) is 5.13 Å². The van der Waals surface area contributed by atoms with Crippen LogP contribution in [0.3, 0.4) is 0 Å². The number of nitrogens with zero attached hydrogens (tertiary/aromatic N) is 1. The number of carbonyl (C=O) groups is 1. The van der Waals surface area contributed by atoms with Crippen LogP contribution in [0.4, 0.5) is 5.13 Å². The third kappa shape index (κ3) is 4.38. The monoisotopic (exact) mass is 269 g/mol. The van der Waals surface area contributed by atoms with Gasteiger partial charge in [-0.1, -0.05) is 40.5 Å². The third-order valence-corrected chi connectivity index (χ3v) is 3.47. The normalized spacial score (nSPS) is 13.4. The molecule has 1 aromatic rings. The first kappa shape index (κ1) is 15.1. The van der Waals surface area contributed by atoms with Crippen LogP contribution in [-0.4, -0.2) is 16.9 Å². The first-order valence-electron chi connectivity index (χ1n) is 6.37. The summed E-state index contributed by atoms with van der Waals surface area (Å²) in [6.07, 6.45) is 2.74. The highest BCUT2D eigenvalue weighted by Gasteiger charge is 2.19. The molecule has 1 amide bonds. The van der Waals surface area contributed by atoms with Gasteiger partial charge in [0, 0.05) is 10.8 Å². The van der Waals surface area contributed by atoms with Crippen molar-refractivity contribution >= 4 is 22.4 Å². The van der Waals surface area contributed by atoms with Gasteiger partial charge in [-0.15, -0.1) is 11.3 Å². The highest BCUT2D eigenvalue weighted by atomic mass is 32.1. The van der Waals surface area contributed by atoms with Crippen molar-refractivity contribution in [2.24, 2.45) is 5.73 Å². The van der Waals surface area contributed by atoms with Gasteiger partial charge in [0.2, 0.25) is 5.91 Å². The van der Waals surface area contributed by atoms with Gasteiger partial charge in [0.25, 0.3) is 0 Å². The Morgan fingerprint density at radius 2 is 2.22 bits per heavy atom. The van der Waals surface area contributed by atoms with E-state index < -0.39 is 6.04 Å². The zero-order valence-corrected chi connectivity index (χ0v) is 12.4. The molecule has 18 heavy (non-hydrogen) atoms. The molecule has 102 valence electrons. The number of unbranched alkanes of at least 4 members (excludes halogenated alkanes) is 1. The van der Waals surface area contributed by atoms with Crippen molar-refractivity contribution in [2.45, 2.75) is 58.4 Å². The molecule has 1 atom stereocenters. The maximum Gasteiger partial charge on any atom is 0.243 e. The van der Waals surface area contributed by atoms with Crippen molar-refractivity contribution in [3.63, 3.8) is 0 Å². The van der Waals surface area contributed by atoms with Gasteiger partial charge < -0.3 is 11.1 Å². The predicted molar refractivity (Wildman–Crippen MR) is 76.9 cm³/mol. The standard InChI is InChI=1S/C13H23N3OS/c1-5-6-7-9(14)11(17)16-12-15-10(8-18-12)13(2,3)4/h8-9H,5-7,14H2,1-4H3,(H,15,16,17). The molecule has 0 saturated heterocycles. The van der Waals surface area contributed by atoms with Crippen molar-refractivity contribution in [1.29, 1.82) is 0 Å². The van der Waals surface area contributed by atoms with Gasteiger partial charge in [0.1, 0.15) is 0 Å². The molecule has 0 aliphatic rings. The Morgan fingerprint density at radius 3 is 2.72 bits per heavy atom. The summed E-state index contributed by atoms with van der Waals surface area (Å²) in [7, 11) is 0. The first-order chi connectivity index (χ1) is 8.34. The van der Waals surface area contributed by atoms with E-state index in [1.807, 2.05) is 5.38 Å². The molecule has 5 heteroatoms. The van der Waals surface area contributed by atoms with Crippen LogP contribution in [0.15, 0.2) is 5.38 Å². The van der Waals surface area contributed by atoms with E-state index in [1.54, 1.807) is 0 Å². The Labute approximate surface area is 113 Å². The van der Waals surface area contributed by atoms with Crippen molar-refractivity contribution < 1.29 is 4.79 Å². The second-order valence-corrected chi connectivity index (χ2v) is 6.38. The molecule has 0 spiro atoms. The fourth-order valence-electron chi connectivity index (χ4n) is 1.43. The van der Waals surface area contributed by atoms with Crippen LogP contribution in [0.2, 0.25) is 0 Å². The second-order valence-electron chi connectivity index (χ2n) is 5.53. The van der Waals surface area contributed by atoms with Gasteiger partial charge in [-0.05, 0) is 6.42 Å². The number of anilines is 1. The highest BCUT2D eigenvalue weighted by Crippen LogP contribution is 2.26. The molecule has 0 aromatic carbocycles. The summed E-state index contributed by atoms with van der Waals surface area (Å²) in [5.41, 5.74) is 6.80. The number of rotatable bonds is 5. The Hall–Kier alpha value is -0.940. The summed E-state index contributed by atoms with van der Waals surface area (Å²) in [4.78, 5) is 16.2. The number of nitrogens with one attached hydrogen (secondary N) is 1. The van der Waals surface area contributed by atoms with Gasteiger partial charge in [0.05, 0.1) is 11.7 Å². The smallest absolute Gasteiger partial charge is 0.243 e. The van der Waals surface area contributed by atoms with E-state index in [1.165, 1.54) is 11.3 Å². The maximum absolute atomic E-state index is 11.8. The molecule has 1 aromatic heterocycles. The van der Waals surface area contributed by atoms with Gasteiger partial charge in [-0.2, -0.15) is 0 Å². The molecule has 0 radical (unpaired) electrons. The number of nitrogens with two attached hydrogens (primary N) is 1. The van der Waals surface area contributed by atoms with E-state index >= 15 is 0 Å². The van der Waals surface area contributed by atoms with Crippen LogP contribution in [-0.2, 0) is 10.2 Å².